The van der Waals surface area contributed by atoms with Gasteiger partial charge in [-0.25, -0.2) is 9.67 Å². The molecule has 0 fully saturated rings. The Morgan fingerprint density at radius 1 is 1.19 bits per heavy atom. The summed E-state index contributed by atoms with van der Waals surface area (Å²) < 4.78 is 52.7. The van der Waals surface area contributed by atoms with Crippen LogP contribution in [0.1, 0.15) is 11.3 Å². The van der Waals surface area contributed by atoms with Crippen LogP contribution in [0.3, 0.4) is 0 Å². The molecule has 1 aromatic carbocycles. The van der Waals surface area contributed by atoms with E-state index in [0.29, 0.717) is 29.1 Å². The normalized spacial score (nSPS) is 12.2. The van der Waals surface area contributed by atoms with Crippen molar-refractivity contribution < 1.29 is 22.6 Å². The van der Waals surface area contributed by atoms with Gasteiger partial charge in [0.2, 0.25) is 17.0 Å². The summed E-state index contributed by atoms with van der Waals surface area (Å²) in [4.78, 5) is 12.4. The summed E-state index contributed by atoms with van der Waals surface area (Å²) in [6, 6.07) is 7.50. The first-order chi connectivity index (χ1) is 14.8. The minimum atomic E-state index is -4.57. The van der Waals surface area contributed by atoms with Gasteiger partial charge < -0.3 is 9.47 Å². The lowest BCUT2D eigenvalue weighted by Crippen LogP contribution is -2.07. The van der Waals surface area contributed by atoms with Gasteiger partial charge >= 0.3 is 6.18 Å². The summed E-state index contributed by atoms with van der Waals surface area (Å²) in [7, 11) is 1.28. The second kappa shape index (κ2) is 8.75. The highest BCUT2D eigenvalue weighted by atomic mass is 127. The number of alkyl halides is 3. The van der Waals surface area contributed by atoms with E-state index in [-0.39, 0.29) is 17.8 Å². The van der Waals surface area contributed by atoms with Crippen molar-refractivity contribution in [2.45, 2.75) is 12.8 Å². The lowest BCUT2D eigenvalue weighted by Gasteiger charge is -2.10. The van der Waals surface area contributed by atoms with Crippen LogP contribution in [0.2, 0.25) is 5.28 Å². The van der Waals surface area contributed by atoms with Crippen LogP contribution < -0.4 is 9.47 Å². The lowest BCUT2D eigenvalue weighted by molar-refractivity contribution is -0.141. The summed E-state index contributed by atoms with van der Waals surface area (Å²) >= 11 is 8.16. The summed E-state index contributed by atoms with van der Waals surface area (Å²) in [6.45, 7) is 0.155. The number of benzene rings is 1. The number of hydrogen-bond acceptors (Lipinski definition) is 6. The van der Waals surface area contributed by atoms with Crippen LogP contribution in [0.5, 0.6) is 11.8 Å². The van der Waals surface area contributed by atoms with Crippen LogP contribution in [0.4, 0.5) is 13.2 Å². The Kier molecular flexibility index (Phi) is 6.22. The van der Waals surface area contributed by atoms with Gasteiger partial charge in [0.1, 0.15) is 12.9 Å². The van der Waals surface area contributed by atoms with E-state index in [1.165, 1.54) is 7.11 Å². The number of nitrogens with zero attached hydrogens (tertiary/aromatic N) is 6. The van der Waals surface area contributed by atoms with Gasteiger partial charge in [-0.1, -0.05) is 12.1 Å². The van der Waals surface area contributed by atoms with Crippen molar-refractivity contribution in [2.75, 3.05) is 7.11 Å². The molecule has 0 N–H and O–H groups in total. The quantitative estimate of drug-likeness (QED) is 0.180. The van der Waals surface area contributed by atoms with Gasteiger partial charge in [-0.05, 0) is 51.3 Å². The number of hydrogen-bond donors (Lipinski definition) is 0. The molecule has 4 rings (SSSR count). The Morgan fingerprint density at radius 2 is 1.94 bits per heavy atom. The van der Waals surface area contributed by atoms with Crippen molar-refractivity contribution in [1.29, 1.82) is 0 Å². The number of ether oxygens (including phenoxy) is 2. The molecule has 14 heteroatoms. The maximum atomic E-state index is 13.0. The fraction of sp³-hybridized carbons (Fsp3) is 0.176. The molecule has 0 saturated heterocycles. The maximum absolute atomic E-state index is 13.0. The molecule has 0 spiro atoms. The number of fused-ring (bicyclic) bond motifs is 1. The second-order valence-corrected chi connectivity index (χ2v) is 8.54. The van der Waals surface area contributed by atoms with Gasteiger partial charge in [0.15, 0.2) is 16.9 Å². The first kappa shape index (κ1) is 22.0. The minimum Gasteiger partial charge on any atom is -0.481 e. The van der Waals surface area contributed by atoms with E-state index in [0.717, 1.165) is 16.3 Å². The molecule has 0 aliphatic rings. The highest BCUT2D eigenvalue weighted by Gasteiger charge is 2.35. The monoisotopic (exact) mass is 582 g/mol. The third-order valence-electron chi connectivity index (χ3n) is 4.17. The van der Waals surface area contributed by atoms with E-state index >= 15 is 0 Å². The zero-order valence-corrected chi connectivity index (χ0v) is 19.5. The van der Waals surface area contributed by atoms with Gasteiger partial charge in [0, 0.05) is 12.4 Å². The van der Waals surface area contributed by atoms with Gasteiger partial charge in [-0.2, -0.15) is 28.2 Å². The van der Waals surface area contributed by atoms with E-state index in [2.05, 4.69) is 42.1 Å². The highest BCUT2D eigenvalue weighted by Crippen LogP contribution is 2.34. The van der Waals surface area contributed by atoms with Crippen LogP contribution >= 0.6 is 40.0 Å². The number of methoxy groups -OCH3 is 1. The molecule has 0 aliphatic carbocycles. The van der Waals surface area contributed by atoms with Crippen molar-refractivity contribution in [3.63, 3.8) is 0 Å². The maximum Gasteiger partial charge on any atom is 0.435 e. The fourth-order valence-corrected chi connectivity index (χ4v) is 4.39. The summed E-state index contributed by atoms with van der Waals surface area (Å²) in [6.07, 6.45) is -2.56. The van der Waals surface area contributed by atoms with Crippen LogP contribution in [0.15, 0.2) is 36.7 Å². The molecule has 3 heterocycles. The Labute approximate surface area is 193 Å². The van der Waals surface area contributed by atoms with E-state index < -0.39 is 11.9 Å². The Bertz CT molecular complexity index is 1230. The predicted octanol–water partition coefficient (Wildman–Crippen LogP) is 5.06. The molecule has 162 valence electrons. The zero-order chi connectivity index (χ0) is 22.2. The fourth-order valence-electron chi connectivity index (χ4n) is 2.75. The molecule has 3 aromatic heterocycles. The molecule has 1 atom stereocenters. The summed E-state index contributed by atoms with van der Waals surface area (Å²) in [5.41, 5.74) is 1.20. The predicted molar refractivity (Wildman–Crippen MR) is 118 cm³/mol. The average Bonchev–Trinajstić information content (AvgIpc) is 3.36. The van der Waals surface area contributed by atoms with Gasteiger partial charge in [-0.3, -0.25) is 4.34 Å². The Balaban J connectivity index is 1.56. The molecule has 0 radical (unpaired) electrons. The highest BCUT2D eigenvalue weighted by molar-refractivity contribution is 14.2. The standard InChI is InChI=1S/C17H12ClF3IN6O2P/c1-29-12-6-11(17(19,20)21)26-28(12)10-4-2-9(3-5-10)7-30-15-13-14(24-16(18)25-15)23-8-27(13)31-22/h2-6,8,31H,7H2,1H3. The Morgan fingerprint density at radius 3 is 2.58 bits per heavy atom. The number of imidazole rings is 1. The molecular weight excluding hydrogens is 571 g/mol. The molecular formula is C17H12ClF3IN6O2P. The van der Waals surface area contributed by atoms with Crippen molar-refractivity contribution in [1.82, 2.24) is 29.1 Å². The van der Waals surface area contributed by atoms with Gasteiger partial charge in [-0.15, -0.1) is 0 Å². The zero-order valence-electron chi connectivity index (χ0n) is 15.6. The van der Waals surface area contributed by atoms with Crippen LogP contribution in [-0.2, 0) is 12.8 Å². The van der Waals surface area contributed by atoms with Crippen LogP contribution in [-0.4, -0.2) is 36.2 Å². The second-order valence-electron chi connectivity index (χ2n) is 6.11. The van der Waals surface area contributed by atoms with Crippen LogP contribution in [0.25, 0.3) is 16.9 Å². The number of halogens is 5. The summed E-state index contributed by atoms with van der Waals surface area (Å²) in [5, 5.41) is 3.62. The van der Waals surface area contributed by atoms with E-state index in [9.17, 15) is 13.2 Å². The molecule has 0 saturated carbocycles. The molecule has 0 amide bonds. The van der Waals surface area contributed by atoms with E-state index in [4.69, 9.17) is 21.1 Å². The van der Waals surface area contributed by atoms with Crippen molar-refractivity contribution in [3.05, 3.63) is 53.2 Å². The largest absolute Gasteiger partial charge is 0.481 e. The molecule has 1 unspecified atom stereocenters. The first-order valence-electron chi connectivity index (χ1n) is 8.50. The van der Waals surface area contributed by atoms with Gasteiger partial charge in [0.05, 0.1) is 12.8 Å². The average molecular weight is 583 g/mol. The van der Waals surface area contributed by atoms with E-state index in [1.54, 1.807) is 30.6 Å². The topological polar surface area (TPSA) is 79.9 Å². The Hall–Kier alpha value is -2.18. The smallest absolute Gasteiger partial charge is 0.435 e. The third-order valence-corrected chi connectivity index (χ3v) is 6.42. The molecule has 4 aromatic rings. The SMILES string of the molecule is COc1cc(C(F)(F)F)nn1-c1ccc(COc2nc(Cl)nc3ncn(PI)c23)cc1. The van der Waals surface area contributed by atoms with Gasteiger partial charge in [0.25, 0.3) is 0 Å². The molecule has 8 nitrogen and oxygen atoms in total. The van der Waals surface area contributed by atoms with E-state index in [1.807, 2.05) is 4.34 Å². The van der Waals surface area contributed by atoms with Crippen molar-refractivity contribution >= 4 is 51.2 Å². The molecule has 0 aliphatic heterocycles. The lowest BCUT2D eigenvalue weighted by atomic mass is 10.2. The molecule has 31 heavy (non-hydrogen) atoms. The molecule has 0 bridgehead atoms. The van der Waals surface area contributed by atoms with Crippen LogP contribution in [0, 0.1) is 0 Å². The summed E-state index contributed by atoms with van der Waals surface area (Å²) in [5.74, 6) is 0.270. The number of rotatable bonds is 6. The van der Waals surface area contributed by atoms with Crippen molar-refractivity contribution in [2.24, 2.45) is 0 Å². The first-order valence-corrected chi connectivity index (χ1v) is 12.9. The third kappa shape index (κ3) is 4.55. The number of aromatic nitrogens is 6. The van der Waals surface area contributed by atoms with Crippen molar-refractivity contribution in [3.8, 4) is 17.4 Å². The minimum absolute atomic E-state index is 0.0196.